The lowest BCUT2D eigenvalue weighted by molar-refractivity contribution is 0.638. The minimum absolute atomic E-state index is 0.519. The smallest absolute Gasteiger partial charge is 0.0934 e. The van der Waals surface area contributed by atoms with Crippen LogP contribution in [-0.2, 0) is 12.4 Å². The first kappa shape index (κ1) is 9.74. The molecule has 74 valence electrons. The molecule has 4 heteroatoms. The average molecular weight is 227 g/mol. The van der Waals surface area contributed by atoms with Gasteiger partial charge in [0.2, 0.25) is 0 Å². The molecule has 0 aromatic carbocycles. The lowest BCUT2D eigenvalue weighted by atomic mass is 10.2. The second-order valence-corrected chi connectivity index (χ2v) is 4.03. The van der Waals surface area contributed by atoms with Crippen LogP contribution in [0.4, 0.5) is 0 Å². The van der Waals surface area contributed by atoms with Gasteiger partial charge < -0.3 is 0 Å². The molecule has 0 aliphatic rings. The third-order valence-corrected chi connectivity index (χ3v) is 3.07. The molecular weight excluding hydrogens is 216 g/mol. The maximum absolute atomic E-state index is 5.83. The van der Waals surface area contributed by atoms with Crippen LogP contribution in [-0.4, -0.2) is 9.78 Å². The Kier molecular flexibility index (Phi) is 2.89. The fraction of sp³-hybridized carbons (Fsp3) is 0.300. The van der Waals surface area contributed by atoms with E-state index in [1.807, 2.05) is 4.68 Å². The van der Waals surface area contributed by atoms with E-state index in [9.17, 15) is 0 Å². The number of rotatable bonds is 3. The molecule has 0 spiro atoms. The molecule has 2 heterocycles. The second-order valence-electron chi connectivity index (χ2n) is 2.98. The third kappa shape index (κ3) is 1.70. The highest BCUT2D eigenvalue weighted by Gasteiger charge is 2.07. The standard InChI is InChI=1S/C10H11ClN2S/c1-2-13-9(6-11)5-10(12-13)8-3-4-14-7-8/h3-5,7H,2,6H2,1H3. The van der Waals surface area contributed by atoms with Gasteiger partial charge in [0, 0.05) is 17.5 Å². The topological polar surface area (TPSA) is 17.8 Å². The highest BCUT2D eigenvalue weighted by Crippen LogP contribution is 2.22. The Balaban J connectivity index is 2.41. The molecule has 0 unspecified atom stereocenters. The van der Waals surface area contributed by atoms with Crippen molar-refractivity contribution < 1.29 is 0 Å². The Labute approximate surface area is 92.1 Å². The van der Waals surface area contributed by atoms with Crippen molar-refractivity contribution in [3.05, 3.63) is 28.6 Å². The second kappa shape index (κ2) is 4.15. The van der Waals surface area contributed by atoms with Gasteiger partial charge in [-0.05, 0) is 24.4 Å². The van der Waals surface area contributed by atoms with Gasteiger partial charge in [-0.3, -0.25) is 4.68 Å². The molecular formula is C10H11ClN2S. The molecule has 0 N–H and O–H groups in total. The van der Waals surface area contributed by atoms with E-state index in [1.54, 1.807) is 11.3 Å². The van der Waals surface area contributed by atoms with Gasteiger partial charge in [-0.2, -0.15) is 16.4 Å². The summed E-state index contributed by atoms with van der Waals surface area (Å²) in [5, 5.41) is 8.63. The van der Waals surface area contributed by atoms with E-state index in [1.165, 1.54) is 5.56 Å². The van der Waals surface area contributed by atoms with Gasteiger partial charge in [0.25, 0.3) is 0 Å². The van der Waals surface area contributed by atoms with Crippen LogP contribution in [0.5, 0.6) is 0 Å². The monoisotopic (exact) mass is 226 g/mol. The number of hydrogen-bond donors (Lipinski definition) is 0. The fourth-order valence-corrected chi connectivity index (χ4v) is 2.25. The predicted molar refractivity (Wildman–Crippen MR) is 60.8 cm³/mol. The van der Waals surface area contributed by atoms with Crippen molar-refractivity contribution in [1.82, 2.24) is 9.78 Å². The number of aryl methyl sites for hydroxylation is 1. The van der Waals surface area contributed by atoms with Gasteiger partial charge >= 0.3 is 0 Å². The van der Waals surface area contributed by atoms with Gasteiger partial charge in [-0.1, -0.05) is 0 Å². The first-order valence-corrected chi connectivity index (χ1v) is 5.98. The number of halogens is 1. The summed E-state index contributed by atoms with van der Waals surface area (Å²) in [6, 6.07) is 4.13. The van der Waals surface area contributed by atoms with Crippen molar-refractivity contribution in [3.8, 4) is 11.3 Å². The molecule has 0 saturated heterocycles. The number of aromatic nitrogens is 2. The zero-order valence-electron chi connectivity index (χ0n) is 7.90. The van der Waals surface area contributed by atoms with Crippen LogP contribution in [0.3, 0.4) is 0 Å². The highest BCUT2D eigenvalue weighted by molar-refractivity contribution is 7.08. The van der Waals surface area contributed by atoms with Crippen molar-refractivity contribution in [2.45, 2.75) is 19.3 Å². The first-order chi connectivity index (χ1) is 6.85. The molecule has 2 rings (SSSR count). The largest absolute Gasteiger partial charge is 0.268 e. The van der Waals surface area contributed by atoms with E-state index >= 15 is 0 Å². The Hall–Kier alpha value is -0.800. The molecule has 14 heavy (non-hydrogen) atoms. The van der Waals surface area contributed by atoms with Crippen molar-refractivity contribution in [2.75, 3.05) is 0 Å². The molecule has 0 aliphatic heterocycles. The Morgan fingerprint density at radius 2 is 2.43 bits per heavy atom. The average Bonchev–Trinajstić information content (AvgIpc) is 2.85. The summed E-state index contributed by atoms with van der Waals surface area (Å²) in [5.41, 5.74) is 3.27. The molecule has 0 fully saturated rings. The van der Waals surface area contributed by atoms with Crippen LogP contribution in [0.15, 0.2) is 22.9 Å². The van der Waals surface area contributed by atoms with Gasteiger partial charge in [-0.25, -0.2) is 0 Å². The minimum Gasteiger partial charge on any atom is -0.268 e. The normalized spacial score (nSPS) is 10.7. The maximum Gasteiger partial charge on any atom is 0.0934 e. The lowest BCUT2D eigenvalue weighted by Gasteiger charge is -1.98. The van der Waals surface area contributed by atoms with E-state index in [-0.39, 0.29) is 0 Å². The SMILES string of the molecule is CCn1nc(-c2ccsc2)cc1CCl. The van der Waals surface area contributed by atoms with Crippen LogP contribution >= 0.6 is 22.9 Å². The van der Waals surface area contributed by atoms with Crippen molar-refractivity contribution in [3.63, 3.8) is 0 Å². The molecule has 0 aliphatic carbocycles. The zero-order chi connectivity index (χ0) is 9.97. The third-order valence-electron chi connectivity index (χ3n) is 2.12. The Morgan fingerprint density at radius 1 is 1.57 bits per heavy atom. The summed E-state index contributed by atoms with van der Waals surface area (Å²) in [7, 11) is 0. The molecule has 2 nitrogen and oxygen atoms in total. The minimum atomic E-state index is 0.519. The molecule has 0 bridgehead atoms. The number of hydrogen-bond acceptors (Lipinski definition) is 2. The van der Waals surface area contributed by atoms with E-state index in [4.69, 9.17) is 11.6 Å². The van der Waals surface area contributed by atoms with Crippen LogP contribution in [0.25, 0.3) is 11.3 Å². The molecule has 0 amide bonds. The number of thiophene rings is 1. The summed E-state index contributed by atoms with van der Waals surface area (Å²) in [6.45, 7) is 2.94. The molecule has 0 saturated carbocycles. The molecule has 0 radical (unpaired) electrons. The first-order valence-electron chi connectivity index (χ1n) is 4.50. The Bertz CT molecular complexity index is 384. The summed E-state index contributed by atoms with van der Waals surface area (Å²) < 4.78 is 1.94. The van der Waals surface area contributed by atoms with E-state index in [0.29, 0.717) is 5.88 Å². The molecule has 2 aromatic rings. The quantitative estimate of drug-likeness (QED) is 0.734. The molecule has 0 atom stereocenters. The summed E-state index contributed by atoms with van der Waals surface area (Å²) in [6.07, 6.45) is 0. The van der Waals surface area contributed by atoms with E-state index < -0.39 is 0 Å². The van der Waals surface area contributed by atoms with E-state index in [2.05, 4.69) is 34.9 Å². The summed E-state index contributed by atoms with van der Waals surface area (Å²) >= 11 is 7.51. The highest BCUT2D eigenvalue weighted by atomic mass is 35.5. The van der Waals surface area contributed by atoms with Gasteiger partial charge in [-0.15, -0.1) is 11.6 Å². The van der Waals surface area contributed by atoms with E-state index in [0.717, 1.165) is 17.9 Å². The fourth-order valence-electron chi connectivity index (χ4n) is 1.39. The van der Waals surface area contributed by atoms with Gasteiger partial charge in [0.05, 0.1) is 17.3 Å². The van der Waals surface area contributed by atoms with Crippen molar-refractivity contribution >= 4 is 22.9 Å². The Morgan fingerprint density at radius 3 is 2.93 bits per heavy atom. The van der Waals surface area contributed by atoms with Gasteiger partial charge in [0.15, 0.2) is 0 Å². The van der Waals surface area contributed by atoms with Gasteiger partial charge in [0.1, 0.15) is 0 Å². The predicted octanol–water partition coefficient (Wildman–Crippen LogP) is 3.37. The molecule has 2 aromatic heterocycles. The van der Waals surface area contributed by atoms with Crippen LogP contribution < -0.4 is 0 Å². The summed E-state index contributed by atoms with van der Waals surface area (Å²) in [4.78, 5) is 0. The van der Waals surface area contributed by atoms with Crippen molar-refractivity contribution in [1.29, 1.82) is 0 Å². The number of nitrogens with zero attached hydrogens (tertiary/aromatic N) is 2. The number of alkyl halides is 1. The van der Waals surface area contributed by atoms with Crippen LogP contribution in [0.2, 0.25) is 0 Å². The zero-order valence-corrected chi connectivity index (χ0v) is 9.48. The lowest BCUT2D eigenvalue weighted by Crippen LogP contribution is -2.00. The maximum atomic E-state index is 5.83. The summed E-state index contributed by atoms with van der Waals surface area (Å²) in [5.74, 6) is 0.519. The van der Waals surface area contributed by atoms with Crippen molar-refractivity contribution in [2.24, 2.45) is 0 Å². The van der Waals surface area contributed by atoms with Crippen LogP contribution in [0, 0.1) is 0 Å². The van der Waals surface area contributed by atoms with Crippen LogP contribution in [0.1, 0.15) is 12.6 Å².